The first-order valence-electron chi connectivity index (χ1n) is 2.78. The van der Waals surface area contributed by atoms with Crippen molar-refractivity contribution in [3.63, 3.8) is 0 Å². The minimum atomic E-state index is 0.296. The summed E-state index contributed by atoms with van der Waals surface area (Å²) in [7, 11) is 0. The number of hydrogen-bond acceptors (Lipinski definition) is 0. The van der Waals surface area contributed by atoms with Gasteiger partial charge in [-0.25, -0.2) is 0 Å². The van der Waals surface area contributed by atoms with Crippen molar-refractivity contribution in [3.05, 3.63) is 6.42 Å². The predicted molar refractivity (Wildman–Crippen MR) is 34.5 cm³/mol. The van der Waals surface area contributed by atoms with Gasteiger partial charge in [0.05, 0.1) is 12.8 Å². The zero-order valence-electron chi connectivity index (χ0n) is 4.95. The van der Waals surface area contributed by atoms with Crippen LogP contribution in [0.15, 0.2) is 0 Å². The molecule has 0 saturated heterocycles. The zero-order valence-corrected chi connectivity index (χ0v) is 5.70. The van der Waals surface area contributed by atoms with Gasteiger partial charge in [0.2, 0.25) is 0 Å². The molecule has 0 bridgehead atoms. The van der Waals surface area contributed by atoms with E-state index in [9.17, 15) is 0 Å². The molecule has 0 fully saturated rings. The fraction of sp³-hybridized carbons (Fsp3) is 0.833. The minimum absolute atomic E-state index is 0.296. The first kappa shape index (κ1) is 7.16. The van der Waals surface area contributed by atoms with Crippen LogP contribution in [0, 0.1) is 6.42 Å². The summed E-state index contributed by atoms with van der Waals surface area (Å²) in [4.78, 5) is 0. The van der Waals surface area contributed by atoms with Crippen LogP contribution in [0.3, 0.4) is 0 Å². The normalized spacial score (nSPS) is 13.6. The molecule has 0 aromatic heterocycles. The van der Waals surface area contributed by atoms with E-state index in [0.29, 0.717) is 5.38 Å². The van der Waals surface area contributed by atoms with Gasteiger partial charge in [-0.1, -0.05) is 18.5 Å². The van der Waals surface area contributed by atoms with Gasteiger partial charge < -0.3 is 0 Å². The average molecular weight is 120 g/mol. The molecule has 7 heavy (non-hydrogen) atoms. The fourth-order valence-electron chi connectivity index (χ4n) is 0.422. The highest BCUT2D eigenvalue weighted by atomic mass is 35.5. The van der Waals surface area contributed by atoms with Crippen molar-refractivity contribution < 1.29 is 0 Å². The van der Waals surface area contributed by atoms with Gasteiger partial charge in [0.25, 0.3) is 0 Å². The largest absolute Gasteiger partial charge is 0.170 e. The molecule has 1 atom stereocenters. The zero-order chi connectivity index (χ0) is 5.70. The molecule has 0 rings (SSSR count). The first-order valence-corrected chi connectivity index (χ1v) is 3.22. The van der Waals surface area contributed by atoms with Crippen LogP contribution in [-0.4, -0.2) is 5.38 Å². The van der Waals surface area contributed by atoms with Gasteiger partial charge in [-0.3, -0.25) is 0 Å². The third-order valence-electron chi connectivity index (χ3n) is 0.881. The molecule has 0 radical (unpaired) electrons. The smallest absolute Gasteiger partial charge is 0.0703 e. The Balaban J connectivity index is 2.83. The van der Waals surface area contributed by atoms with Crippen LogP contribution in [0.1, 0.15) is 26.7 Å². The van der Waals surface area contributed by atoms with Gasteiger partial charge in [0.1, 0.15) is 0 Å². The lowest BCUT2D eigenvalue weighted by molar-refractivity contribution is 0.860. The number of hydrogen-bond donors (Lipinski definition) is 0. The molecule has 0 aliphatic rings. The molecular weight excluding hydrogens is 108 g/mol. The molecule has 0 aromatic carbocycles. The van der Waals surface area contributed by atoms with E-state index in [0.717, 1.165) is 12.8 Å². The molecule has 0 aromatic rings. The van der Waals surface area contributed by atoms with Crippen molar-refractivity contribution >= 4 is 11.6 Å². The highest BCUT2D eigenvalue weighted by molar-refractivity contribution is 6.21. The summed E-state index contributed by atoms with van der Waals surface area (Å²) in [5, 5.41) is 0.296. The van der Waals surface area contributed by atoms with Gasteiger partial charge in [-0.15, -0.1) is 0 Å². The van der Waals surface area contributed by atoms with E-state index in [4.69, 9.17) is 11.6 Å². The van der Waals surface area contributed by atoms with E-state index >= 15 is 0 Å². The van der Waals surface area contributed by atoms with Crippen LogP contribution in [0.25, 0.3) is 0 Å². The predicted octanol–water partition coefficient (Wildman–Crippen LogP) is 2.62. The van der Waals surface area contributed by atoms with Crippen molar-refractivity contribution in [2.75, 3.05) is 0 Å². The quantitative estimate of drug-likeness (QED) is 0.396. The Morgan fingerprint density at radius 1 is 1.57 bits per heavy atom. The van der Waals surface area contributed by atoms with Crippen LogP contribution >= 0.6 is 11.6 Å². The van der Waals surface area contributed by atoms with Crippen molar-refractivity contribution in [2.45, 2.75) is 32.1 Å². The summed E-state index contributed by atoms with van der Waals surface area (Å²) in [6.45, 7) is 4.19. The van der Waals surface area contributed by atoms with Gasteiger partial charge >= 0.3 is 0 Å². The van der Waals surface area contributed by atoms with E-state index in [2.05, 4.69) is 20.3 Å². The maximum absolute atomic E-state index is 5.71. The molecule has 0 N–H and O–H groups in total. The molecule has 0 spiro atoms. The van der Waals surface area contributed by atoms with Crippen molar-refractivity contribution in [1.82, 2.24) is 0 Å². The van der Waals surface area contributed by atoms with E-state index < -0.39 is 0 Å². The van der Waals surface area contributed by atoms with Gasteiger partial charge in [0.15, 0.2) is 5.38 Å². The van der Waals surface area contributed by atoms with Crippen LogP contribution in [0.4, 0.5) is 0 Å². The highest BCUT2D eigenvalue weighted by Gasteiger charge is 2.06. The topological polar surface area (TPSA) is 0 Å². The Labute approximate surface area is 50.9 Å². The third-order valence-corrected chi connectivity index (χ3v) is 1.37. The van der Waals surface area contributed by atoms with Crippen LogP contribution < -0.4 is 0 Å². The van der Waals surface area contributed by atoms with E-state index in [1.165, 1.54) is 0 Å². The van der Waals surface area contributed by atoms with Crippen molar-refractivity contribution in [1.29, 1.82) is 0 Å². The molecule has 0 aliphatic carbocycles. The Kier molecular flexibility index (Phi) is 4.42. The summed E-state index contributed by atoms with van der Waals surface area (Å²) >= 11 is 5.71. The summed E-state index contributed by atoms with van der Waals surface area (Å²) in [6.07, 6.45) is 4.25. The van der Waals surface area contributed by atoms with Crippen molar-refractivity contribution in [3.8, 4) is 0 Å². The van der Waals surface area contributed by atoms with Gasteiger partial charge in [0, 0.05) is 6.42 Å². The molecule has 1 unspecified atom stereocenters. The molecular formula is C6H12Cl+. The second-order valence-electron chi connectivity index (χ2n) is 1.57. The second kappa shape index (κ2) is 4.32. The van der Waals surface area contributed by atoms with Crippen LogP contribution in [0.5, 0.6) is 0 Å². The van der Waals surface area contributed by atoms with Crippen molar-refractivity contribution in [2.24, 2.45) is 0 Å². The number of halogens is 1. The lowest BCUT2D eigenvalue weighted by atomic mass is 10.2. The summed E-state index contributed by atoms with van der Waals surface area (Å²) in [5.74, 6) is 0. The Morgan fingerprint density at radius 2 is 2.14 bits per heavy atom. The molecule has 0 amide bonds. The lowest BCUT2D eigenvalue weighted by Crippen LogP contribution is -1.93. The summed E-state index contributed by atoms with van der Waals surface area (Å²) < 4.78 is 0. The first-order chi connectivity index (χ1) is 3.31. The molecule has 0 nitrogen and oxygen atoms in total. The Bertz CT molecular complexity index is 35.2. The number of alkyl halides is 1. The van der Waals surface area contributed by atoms with Gasteiger partial charge in [-0.05, 0) is 6.92 Å². The Hall–Kier alpha value is 0.160. The fourth-order valence-corrected chi connectivity index (χ4v) is 0.601. The maximum atomic E-state index is 5.71. The highest BCUT2D eigenvalue weighted by Crippen LogP contribution is 2.06. The van der Waals surface area contributed by atoms with E-state index in [1.807, 2.05) is 0 Å². The van der Waals surface area contributed by atoms with Gasteiger partial charge in [-0.2, -0.15) is 0 Å². The van der Waals surface area contributed by atoms with Crippen LogP contribution in [0.2, 0.25) is 0 Å². The molecule has 0 saturated carbocycles. The molecule has 0 aliphatic heterocycles. The monoisotopic (exact) mass is 119 g/mol. The maximum Gasteiger partial charge on any atom is 0.170 e. The average Bonchev–Trinajstić information content (AvgIpc) is 1.68. The summed E-state index contributed by atoms with van der Waals surface area (Å²) in [5.41, 5.74) is 0. The number of rotatable bonds is 3. The van der Waals surface area contributed by atoms with E-state index in [-0.39, 0.29) is 0 Å². The SMILES string of the molecule is CC[CH+]C(Cl)CC. The second-order valence-corrected chi connectivity index (χ2v) is 2.13. The molecule has 1 heteroatoms. The minimum Gasteiger partial charge on any atom is -0.0703 e. The third kappa shape index (κ3) is 4.00. The molecule has 42 valence electrons. The molecule has 0 heterocycles. The van der Waals surface area contributed by atoms with E-state index in [1.54, 1.807) is 0 Å². The van der Waals surface area contributed by atoms with Crippen LogP contribution in [-0.2, 0) is 0 Å². The lowest BCUT2D eigenvalue weighted by Gasteiger charge is -1.89. The summed E-state index contributed by atoms with van der Waals surface area (Å²) in [6, 6.07) is 0. The Morgan fingerprint density at radius 3 is 2.29 bits per heavy atom. The standard InChI is InChI=1S/C6H12Cl/c1-3-5-6(7)4-2/h5-6H,3-4H2,1-2H3/q+1.